The molecule has 2 N–H and O–H groups in total. The molecule has 1 heterocycles. The summed E-state index contributed by atoms with van der Waals surface area (Å²) in [6.07, 6.45) is 12.7. The zero-order valence-corrected chi connectivity index (χ0v) is 10.5. The van der Waals surface area contributed by atoms with E-state index in [1.807, 2.05) is 0 Å². The van der Waals surface area contributed by atoms with Crippen LogP contribution in [0.15, 0.2) is 0 Å². The van der Waals surface area contributed by atoms with E-state index in [1.165, 1.54) is 77.4 Å². The Kier molecular flexibility index (Phi) is 2.75. The van der Waals surface area contributed by atoms with Crippen LogP contribution in [0.2, 0.25) is 0 Å². The minimum absolute atomic E-state index is 0.201. The van der Waals surface area contributed by atoms with E-state index >= 15 is 0 Å². The zero-order chi connectivity index (χ0) is 11.1. The Hall–Kier alpha value is -0.0800. The van der Waals surface area contributed by atoms with Crippen LogP contribution in [0.4, 0.5) is 0 Å². The Labute approximate surface area is 99.6 Å². The molecule has 0 unspecified atom stereocenters. The lowest BCUT2D eigenvalue weighted by molar-refractivity contribution is -0.0345. The number of hydrogen-bond donors (Lipinski definition) is 1. The van der Waals surface area contributed by atoms with Gasteiger partial charge in [-0.3, -0.25) is 0 Å². The van der Waals surface area contributed by atoms with Crippen LogP contribution in [-0.4, -0.2) is 30.1 Å². The van der Waals surface area contributed by atoms with Crippen LogP contribution in [-0.2, 0) is 0 Å². The Morgan fingerprint density at radius 2 is 1.44 bits per heavy atom. The van der Waals surface area contributed by atoms with Gasteiger partial charge in [-0.15, -0.1) is 0 Å². The van der Waals surface area contributed by atoms with Crippen molar-refractivity contribution in [3.8, 4) is 0 Å². The third-order valence-electron chi connectivity index (χ3n) is 5.17. The van der Waals surface area contributed by atoms with Gasteiger partial charge in [0.1, 0.15) is 0 Å². The fraction of sp³-hybridized carbons (Fsp3) is 1.00. The van der Waals surface area contributed by atoms with E-state index in [-0.39, 0.29) is 5.54 Å². The predicted octanol–water partition coefficient (Wildman–Crippen LogP) is 2.52. The van der Waals surface area contributed by atoms with E-state index < -0.39 is 0 Å². The lowest BCUT2D eigenvalue weighted by Crippen LogP contribution is -2.63. The van der Waals surface area contributed by atoms with Gasteiger partial charge < -0.3 is 10.6 Å². The molecule has 0 amide bonds. The molecule has 16 heavy (non-hydrogen) atoms. The minimum Gasteiger partial charge on any atom is -0.324 e. The fourth-order valence-corrected chi connectivity index (χ4v) is 4.04. The Morgan fingerprint density at radius 1 is 0.812 bits per heavy atom. The maximum Gasteiger partial charge on any atom is 0.0283 e. The van der Waals surface area contributed by atoms with Crippen molar-refractivity contribution >= 4 is 0 Å². The predicted molar refractivity (Wildman–Crippen MR) is 67.3 cm³/mol. The minimum atomic E-state index is 0.201. The molecule has 0 aromatic heterocycles. The van der Waals surface area contributed by atoms with Crippen molar-refractivity contribution in [2.24, 2.45) is 11.1 Å². The molecule has 2 heteroatoms. The van der Waals surface area contributed by atoms with E-state index in [0.29, 0.717) is 0 Å². The maximum absolute atomic E-state index is 6.32. The van der Waals surface area contributed by atoms with Crippen LogP contribution < -0.4 is 5.73 Å². The van der Waals surface area contributed by atoms with Crippen molar-refractivity contribution in [3.05, 3.63) is 0 Å². The number of nitrogens with two attached hydrogens (primary N) is 1. The van der Waals surface area contributed by atoms with Crippen LogP contribution >= 0.6 is 0 Å². The standard InChI is InChI=1S/C14H26N2/c15-14(8-5-9-14)12-16-10-13(11-16)6-3-1-2-4-7-13/h1-12,15H2. The first kappa shape index (κ1) is 11.0. The topological polar surface area (TPSA) is 29.3 Å². The molecule has 3 fully saturated rings. The van der Waals surface area contributed by atoms with Gasteiger partial charge in [0.05, 0.1) is 0 Å². The van der Waals surface area contributed by atoms with Gasteiger partial charge >= 0.3 is 0 Å². The second-order valence-corrected chi connectivity index (χ2v) is 6.78. The number of hydrogen-bond acceptors (Lipinski definition) is 2. The van der Waals surface area contributed by atoms with Gasteiger partial charge in [-0.05, 0) is 37.5 Å². The average molecular weight is 222 g/mol. The van der Waals surface area contributed by atoms with Gasteiger partial charge in [0.25, 0.3) is 0 Å². The van der Waals surface area contributed by atoms with Crippen LogP contribution in [0, 0.1) is 5.41 Å². The summed E-state index contributed by atoms with van der Waals surface area (Å²) < 4.78 is 0. The molecule has 1 saturated heterocycles. The van der Waals surface area contributed by atoms with E-state index in [0.717, 1.165) is 5.41 Å². The first-order valence-electron chi connectivity index (χ1n) is 7.21. The highest BCUT2D eigenvalue weighted by atomic mass is 15.2. The molecule has 2 aliphatic carbocycles. The first-order valence-corrected chi connectivity index (χ1v) is 7.21. The lowest BCUT2D eigenvalue weighted by Gasteiger charge is -2.54. The molecule has 1 spiro atoms. The molecule has 0 aromatic carbocycles. The van der Waals surface area contributed by atoms with E-state index in [2.05, 4.69) is 4.90 Å². The number of nitrogens with zero attached hydrogens (tertiary/aromatic N) is 1. The number of rotatable bonds is 2. The van der Waals surface area contributed by atoms with Gasteiger partial charge in [0, 0.05) is 25.2 Å². The van der Waals surface area contributed by atoms with Gasteiger partial charge in [-0.2, -0.15) is 0 Å². The molecule has 0 bridgehead atoms. The summed E-state index contributed by atoms with van der Waals surface area (Å²) in [5.41, 5.74) is 7.24. The molecular weight excluding hydrogens is 196 g/mol. The molecule has 92 valence electrons. The summed E-state index contributed by atoms with van der Waals surface area (Å²) in [5, 5.41) is 0. The molecule has 0 radical (unpaired) electrons. The number of likely N-dealkylation sites (tertiary alicyclic amines) is 1. The van der Waals surface area contributed by atoms with Crippen LogP contribution in [0.1, 0.15) is 57.8 Å². The summed E-state index contributed by atoms with van der Waals surface area (Å²) >= 11 is 0. The van der Waals surface area contributed by atoms with Gasteiger partial charge in [-0.25, -0.2) is 0 Å². The fourth-order valence-electron chi connectivity index (χ4n) is 4.04. The first-order chi connectivity index (χ1) is 7.70. The van der Waals surface area contributed by atoms with Gasteiger partial charge in [0.2, 0.25) is 0 Å². The van der Waals surface area contributed by atoms with Crippen molar-refractivity contribution in [2.75, 3.05) is 19.6 Å². The Balaban J connectivity index is 1.49. The summed E-state index contributed by atoms with van der Waals surface area (Å²) in [6, 6.07) is 0. The van der Waals surface area contributed by atoms with E-state index in [4.69, 9.17) is 5.73 Å². The molecule has 2 nitrogen and oxygen atoms in total. The van der Waals surface area contributed by atoms with E-state index in [9.17, 15) is 0 Å². The molecule has 2 saturated carbocycles. The normalized spacial score (nSPS) is 32.8. The SMILES string of the molecule is NC1(CN2CC3(CCCCCC3)C2)CCC1. The second kappa shape index (κ2) is 3.99. The van der Waals surface area contributed by atoms with E-state index in [1.54, 1.807) is 0 Å². The van der Waals surface area contributed by atoms with Crippen molar-refractivity contribution in [1.29, 1.82) is 0 Å². The highest BCUT2D eigenvalue weighted by molar-refractivity contribution is 5.02. The van der Waals surface area contributed by atoms with Crippen LogP contribution in [0.25, 0.3) is 0 Å². The Bertz CT molecular complexity index is 241. The molecular formula is C14H26N2. The summed E-state index contributed by atoms with van der Waals surface area (Å²) in [6.45, 7) is 3.88. The van der Waals surface area contributed by atoms with Crippen LogP contribution in [0.5, 0.6) is 0 Å². The third kappa shape index (κ3) is 2.02. The summed E-state index contributed by atoms with van der Waals surface area (Å²) in [4.78, 5) is 2.63. The highest BCUT2D eigenvalue weighted by Gasteiger charge is 2.45. The van der Waals surface area contributed by atoms with Gasteiger partial charge in [0.15, 0.2) is 0 Å². The lowest BCUT2D eigenvalue weighted by atomic mass is 9.71. The van der Waals surface area contributed by atoms with Crippen LogP contribution in [0.3, 0.4) is 0 Å². The molecule has 0 aromatic rings. The summed E-state index contributed by atoms with van der Waals surface area (Å²) in [7, 11) is 0. The maximum atomic E-state index is 6.32. The second-order valence-electron chi connectivity index (χ2n) is 6.78. The quantitative estimate of drug-likeness (QED) is 0.778. The van der Waals surface area contributed by atoms with Crippen molar-refractivity contribution in [1.82, 2.24) is 4.90 Å². The van der Waals surface area contributed by atoms with Crippen molar-refractivity contribution in [2.45, 2.75) is 63.3 Å². The smallest absolute Gasteiger partial charge is 0.0283 e. The largest absolute Gasteiger partial charge is 0.324 e. The summed E-state index contributed by atoms with van der Waals surface area (Å²) in [5.74, 6) is 0. The Morgan fingerprint density at radius 3 is 1.94 bits per heavy atom. The zero-order valence-electron chi connectivity index (χ0n) is 10.5. The van der Waals surface area contributed by atoms with Gasteiger partial charge in [-0.1, -0.05) is 25.7 Å². The van der Waals surface area contributed by atoms with Crippen molar-refractivity contribution < 1.29 is 0 Å². The third-order valence-corrected chi connectivity index (χ3v) is 5.17. The molecule has 1 aliphatic heterocycles. The molecule has 3 rings (SSSR count). The highest BCUT2D eigenvalue weighted by Crippen LogP contribution is 2.44. The van der Waals surface area contributed by atoms with Crippen molar-refractivity contribution in [3.63, 3.8) is 0 Å². The molecule has 3 aliphatic rings. The molecule has 0 atom stereocenters. The monoisotopic (exact) mass is 222 g/mol. The average Bonchev–Trinajstić information content (AvgIpc) is 2.40.